The summed E-state index contributed by atoms with van der Waals surface area (Å²) in [7, 11) is 0. The van der Waals surface area contributed by atoms with Crippen molar-refractivity contribution in [2.24, 2.45) is 0 Å². The maximum absolute atomic E-state index is 4.82. The van der Waals surface area contributed by atoms with E-state index < -0.39 is 0 Å². The first-order chi connectivity index (χ1) is 8.75. The summed E-state index contributed by atoms with van der Waals surface area (Å²) in [5.74, 6) is 0.735. The molecule has 0 spiro atoms. The smallest absolute Gasteiger partial charge is 0.0890 e. The number of para-hydroxylation sites is 2. The van der Waals surface area contributed by atoms with Gasteiger partial charge in [-0.3, -0.25) is 0 Å². The van der Waals surface area contributed by atoms with E-state index >= 15 is 0 Å². The average Bonchev–Trinajstić information content (AvgIpc) is 2.93. The van der Waals surface area contributed by atoms with Crippen molar-refractivity contribution in [2.45, 2.75) is 25.7 Å². The molecule has 2 unspecified atom stereocenters. The molecule has 1 heterocycles. The van der Waals surface area contributed by atoms with Crippen molar-refractivity contribution in [3.05, 3.63) is 59.0 Å². The van der Waals surface area contributed by atoms with Gasteiger partial charge in [-0.1, -0.05) is 29.9 Å². The summed E-state index contributed by atoms with van der Waals surface area (Å²) in [5.41, 5.74) is 7.23. The molecular formula is C16H14N2. The van der Waals surface area contributed by atoms with Crippen molar-refractivity contribution >= 4 is 11.0 Å². The highest BCUT2D eigenvalue weighted by atomic mass is 14.9. The lowest BCUT2D eigenvalue weighted by atomic mass is 9.98. The van der Waals surface area contributed by atoms with Crippen molar-refractivity contribution in [1.29, 1.82) is 0 Å². The molecule has 2 aromatic rings. The number of nitrogens with zero attached hydrogens (tertiary/aromatic N) is 2. The predicted molar refractivity (Wildman–Crippen MR) is 72.5 cm³/mol. The molecule has 0 aliphatic heterocycles. The second-order valence-corrected chi connectivity index (χ2v) is 5.28. The molecule has 0 amide bonds. The average molecular weight is 234 g/mol. The second-order valence-electron chi connectivity index (χ2n) is 5.28. The maximum Gasteiger partial charge on any atom is 0.0890 e. The molecule has 0 N–H and O–H groups in total. The number of benzene rings is 1. The largest absolute Gasteiger partial charge is 0.248 e. The summed E-state index contributed by atoms with van der Waals surface area (Å²) >= 11 is 0. The number of hydrogen-bond acceptors (Lipinski definition) is 2. The van der Waals surface area contributed by atoms with Crippen LogP contribution in [0.25, 0.3) is 11.0 Å². The van der Waals surface area contributed by atoms with Crippen LogP contribution in [0.1, 0.15) is 37.1 Å². The highest BCUT2D eigenvalue weighted by Crippen LogP contribution is 2.52. The first-order valence-electron chi connectivity index (χ1n) is 6.38. The Morgan fingerprint density at radius 3 is 1.83 bits per heavy atom. The molecule has 88 valence electrons. The maximum atomic E-state index is 4.82. The van der Waals surface area contributed by atoms with Crippen LogP contribution in [0.4, 0.5) is 0 Å². The molecule has 2 bridgehead atoms. The number of aromatic nitrogens is 2. The molecule has 2 aliphatic rings. The van der Waals surface area contributed by atoms with Crippen LogP contribution < -0.4 is 0 Å². The van der Waals surface area contributed by atoms with Gasteiger partial charge in [-0.2, -0.15) is 0 Å². The zero-order valence-electron chi connectivity index (χ0n) is 10.5. The van der Waals surface area contributed by atoms with E-state index in [1.54, 1.807) is 0 Å². The van der Waals surface area contributed by atoms with Gasteiger partial charge in [0.05, 0.1) is 22.4 Å². The minimum Gasteiger partial charge on any atom is -0.248 e. The molecule has 1 aromatic heterocycles. The van der Waals surface area contributed by atoms with E-state index in [-0.39, 0.29) is 0 Å². The van der Waals surface area contributed by atoms with Gasteiger partial charge in [0, 0.05) is 11.8 Å². The number of allylic oxidation sites excluding steroid dienone is 4. The van der Waals surface area contributed by atoms with Crippen LogP contribution in [0.3, 0.4) is 0 Å². The van der Waals surface area contributed by atoms with E-state index in [2.05, 4.69) is 26.0 Å². The van der Waals surface area contributed by atoms with Crippen molar-refractivity contribution in [3.8, 4) is 0 Å². The third kappa shape index (κ3) is 1.13. The topological polar surface area (TPSA) is 25.8 Å². The highest BCUT2D eigenvalue weighted by molar-refractivity contribution is 5.76. The first-order valence-corrected chi connectivity index (χ1v) is 6.38. The van der Waals surface area contributed by atoms with Gasteiger partial charge in [0.2, 0.25) is 0 Å². The minimum absolute atomic E-state index is 0.368. The zero-order chi connectivity index (χ0) is 12.3. The van der Waals surface area contributed by atoms with Crippen LogP contribution >= 0.6 is 0 Å². The summed E-state index contributed by atoms with van der Waals surface area (Å²) in [5, 5.41) is 0. The van der Waals surface area contributed by atoms with Gasteiger partial charge in [-0.05, 0) is 31.6 Å². The molecule has 1 aromatic carbocycles. The lowest BCUT2D eigenvalue weighted by Gasteiger charge is -2.08. The quantitative estimate of drug-likeness (QED) is 0.649. The summed E-state index contributed by atoms with van der Waals surface area (Å²) < 4.78 is 0. The van der Waals surface area contributed by atoms with Crippen LogP contribution in [0.5, 0.6) is 0 Å². The van der Waals surface area contributed by atoms with Crippen molar-refractivity contribution < 1.29 is 0 Å². The SMILES string of the molecule is CC(C)=C1C2C=CC1c1nc3ccccc3nc12. The molecule has 2 nitrogen and oxygen atoms in total. The molecule has 2 atom stereocenters. The van der Waals surface area contributed by atoms with Crippen LogP contribution in [0.15, 0.2) is 47.6 Å². The third-order valence-electron chi connectivity index (χ3n) is 3.96. The standard InChI is InChI=1S/C16H14N2/c1-9(2)14-10-7-8-11(14)16-15(10)17-12-5-3-4-6-13(12)18-16/h3-8,10-11H,1-2H3. The van der Waals surface area contributed by atoms with E-state index in [4.69, 9.17) is 9.97 Å². The minimum atomic E-state index is 0.368. The van der Waals surface area contributed by atoms with Crippen LogP contribution in [0.2, 0.25) is 0 Å². The monoisotopic (exact) mass is 234 g/mol. The van der Waals surface area contributed by atoms with Crippen molar-refractivity contribution in [2.75, 3.05) is 0 Å². The molecule has 18 heavy (non-hydrogen) atoms. The molecule has 0 saturated carbocycles. The normalized spacial score (nSPS) is 23.8. The van der Waals surface area contributed by atoms with Gasteiger partial charge in [0.15, 0.2) is 0 Å². The molecule has 4 rings (SSSR count). The molecular weight excluding hydrogens is 220 g/mol. The Hall–Kier alpha value is -1.96. The fourth-order valence-corrected chi connectivity index (χ4v) is 3.21. The summed E-state index contributed by atoms with van der Waals surface area (Å²) in [6.07, 6.45) is 4.55. The van der Waals surface area contributed by atoms with Crippen LogP contribution in [-0.2, 0) is 0 Å². The lowest BCUT2D eigenvalue weighted by molar-refractivity contribution is 0.972. The van der Waals surface area contributed by atoms with Gasteiger partial charge in [-0.15, -0.1) is 0 Å². The van der Waals surface area contributed by atoms with Gasteiger partial charge < -0.3 is 0 Å². The highest BCUT2D eigenvalue weighted by Gasteiger charge is 2.40. The van der Waals surface area contributed by atoms with Crippen molar-refractivity contribution in [3.63, 3.8) is 0 Å². The van der Waals surface area contributed by atoms with Crippen LogP contribution in [0, 0.1) is 0 Å². The van der Waals surface area contributed by atoms with Gasteiger partial charge in [0.1, 0.15) is 0 Å². The number of hydrogen-bond donors (Lipinski definition) is 0. The molecule has 2 heteroatoms. The van der Waals surface area contributed by atoms with E-state index in [9.17, 15) is 0 Å². The van der Waals surface area contributed by atoms with Crippen molar-refractivity contribution in [1.82, 2.24) is 9.97 Å². The zero-order valence-corrected chi connectivity index (χ0v) is 10.5. The number of fused-ring (bicyclic) bond motifs is 6. The van der Waals surface area contributed by atoms with Crippen LogP contribution in [-0.4, -0.2) is 9.97 Å². The van der Waals surface area contributed by atoms with E-state index in [1.807, 2.05) is 24.3 Å². The summed E-state index contributed by atoms with van der Waals surface area (Å²) in [4.78, 5) is 9.65. The Balaban J connectivity index is 2.04. The third-order valence-corrected chi connectivity index (χ3v) is 3.96. The molecule has 0 fully saturated rings. The fourth-order valence-electron chi connectivity index (χ4n) is 3.21. The first kappa shape index (κ1) is 10.0. The van der Waals surface area contributed by atoms with Gasteiger partial charge in [0.25, 0.3) is 0 Å². The molecule has 0 saturated heterocycles. The molecule has 0 radical (unpaired) electrons. The van der Waals surface area contributed by atoms with E-state index in [0.717, 1.165) is 22.4 Å². The number of rotatable bonds is 0. The van der Waals surface area contributed by atoms with Gasteiger partial charge in [-0.25, -0.2) is 9.97 Å². The summed E-state index contributed by atoms with van der Waals surface area (Å²) in [6, 6.07) is 8.13. The predicted octanol–water partition coefficient (Wildman–Crippen LogP) is 3.72. The Kier molecular flexibility index (Phi) is 1.83. The summed E-state index contributed by atoms with van der Waals surface area (Å²) in [6.45, 7) is 4.38. The Bertz CT molecular complexity index is 666. The Morgan fingerprint density at radius 2 is 1.39 bits per heavy atom. The fraction of sp³-hybridized carbons (Fsp3) is 0.250. The van der Waals surface area contributed by atoms with E-state index in [0.29, 0.717) is 11.8 Å². The van der Waals surface area contributed by atoms with Gasteiger partial charge >= 0.3 is 0 Å². The second kappa shape index (κ2) is 3.29. The lowest BCUT2D eigenvalue weighted by Crippen LogP contribution is -2.00. The Morgan fingerprint density at radius 1 is 0.889 bits per heavy atom. The van der Waals surface area contributed by atoms with E-state index in [1.165, 1.54) is 11.1 Å². The molecule has 2 aliphatic carbocycles. The Labute approximate surface area is 106 Å².